The van der Waals surface area contributed by atoms with Crippen molar-refractivity contribution in [3.05, 3.63) is 34.5 Å². The van der Waals surface area contributed by atoms with Crippen molar-refractivity contribution in [2.75, 3.05) is 38.4 Å². The van der Waals surface area contributed by atoms with Crippen LogP contribution in [0.3, 0.4) is 0 Å². The molecule has 8 nitrogen and oxygen atoms in total. The van der Waals surface area contributed by atoms with Gasteiger partial charge in [-0.2, -0.15) is 0 Å². The normalized spacial score (nSPS) is 14.9. The van der Waals surface area contributed by atoms with E-state index >= 15 is 0 Å². The first kappa shape index (κ1) is 19.2. The Kier molecular flexibility index (Phi) is 5.71. The highest BCUT2D eigenvalue weighted by atomic mass is 35.5. The topological polar surface area (TPSA) is 113 Å². The first-order valence-corrected chi connectivity index (χ1v) is 9.44. The predicted molar refractivity (Wildman–Crippen MR) is 90.9 cm³/mol. The van der Waals surface area contributed by atoms with E-state index in [0.29, 0.717) is 0 Å². The van der Waals surface area contributed by atoms with Gasteiger partial charge >= 0.3 is 5.97 Å². The number of benzene rings is 1. The van der Waals surface area contributed by atoms with Crippen molar-refractivity contribution in [1.29, 1.82) is 0 Å². The highest BCUT2D eigenvalue weighted by molar-refractivity contribution is 7.91. The molecular weight excluding hydrogens is 372 g/mol. The van der Waals surface area contributed by atoms with Crippen molar-refractivity contribution < 1.29 is 27.9 Å². The van der Waals surface area contributed by atoms with E-state index in [1.54, 1.807) is 0 Å². The summed E-state index contributed by atoms with van der Waals surface area (Å²) in [5, 5.41) is 11.7. The molecule has 0 aromatic heterocycles. The fraction of sp³-hybridized carbons (Fsp3) is 0.333. The number of esters is 1. The Morgan fingerprint density at radius 3 is 2.68 bits per heavy atom. The van der Waals surface area contributed by atoms with Gasteiger partial charge in [0.2, 0.25) is 0 Å². The minimum atomic E-state index is -3.69. The standard InChI is InChI=1S/C15H17ClN2O6S/c1-24-15(21)9-8-18(6-7-19)14(20)12(9)17-11-5-3-4-10(16)13(11)25(2,22)23/h3-5,17,19H,6-8H2,1-2H3. The van der Waals surface area contributed by atoms with Gasteiger partial charge in [-0.1, -0.05) is 17.7 Å². The molecular formula is C15H17ClN2O6S. The maximum Gasteiger partial charge on any atom is 0.337 e. The molecule has 1 aliphatic heterocycles. The number of nitrogens with one attached hydrogen (secondary N) is 1. The summed E-state index contributed by atoms with van der Waals surface area (Å²) in [4.78, 5) is 25.5. The molecule has 136 valence electrons. The molecule has 0 spiro atoms. The zero-order valence-electron chi connectivity index (χ0n) is 13.6. The van der Waals surface area contributed by atoms with Crippen LogP contribution in [0.25, 0.3) is 0 Å². The van der Waals surface area contributed by atoms with Crippen molar-refractivity contribution in [2.24, 2.45) is 0 Å². The van der Waals surface area contributed by atoms with Crippen LogP contribution in [0.15, 0.2) is 34.4 Å². The zero-order valence-corrected chi connectivity index (χ0v) is 15.1. The number of amides is 1. The van der Waals surface area contributed by atoms with Crippen molar-refractivity contribution in [3.63, 3.8) is 0 Å². The molecule has 1 aromatic carbocycles. The molecule has 0 saturated carbocycles. The van der Waals surface area contributed by atoms with Gasteiger partial charge in [0.1, 0.15) is 10.6 Å². The molecule has 0 unspecified atom stereocenters. The number of carbonyl (C=O) groups excluding carboxylic acids is 2. The number of halogens is 1. The monoisotopic (exact) mass is 388 g/mol. The van der Waals surface area contributed by atoms with Crippen LogP contribution in [0.2, 0.25) is 5.02 Å². The van der Waals surface area contributed by atoms with Gasteiger partial charge < -0.3 is 20.1 Å². The summed E-state index contributed by atoms with van der Waals surface area (Å²) in [5.41, 5.74) is 0.0124. The summed E-state index contributed by atoms with van der Waals surface area (Å²) in [7, 11) is -2.51. The maximum atomic E-state index is 12.5. The van der Waals surface area contributed by atoms with E-state index in [-0.39, 0.29) is 46.6 Å². The number of β-amino-alcohol motifs (C(OH)–C–C–N with tert-alkyl or cyclic N) is 1. The number of rotatable bonds is 6. The Morgan fingerprint density at radius 1 is 1.44 bits per heavy atom. The van der Waals surface area contributed by atoms with E-state index in [2.05, 4.69) is 10.1 Å². The predicted octanol–water partition coefficient (Wildman–Crippen LogP) is 0.417. The molecule has 0 bridgehead atoms. The third kappa shape index (κ3) is 3.94. The molecule has 2 N–H and O–H groups in total. The minimum Gasteiger partial charge on any atom is -0.466 e. The fourth-order valence-corrected chi connectivity index (χ4v) is 4.00. The average Bonchev–Trinajstić information content (AvgIpc) is 2.83. The third-order valence-electron chi connectivity index (χ3n) is 3.55. The molecule has 1 amide bonds. The van der Waals surface area contributed by atoms with Gasteiger partial charge in [-0.05, 0) is 12.1 Å². The van der Waals surface area contributed by atoms with Crippen LogP contribution in [-0.4, -0.2) is 63.4 Å². The number of ether oxygens (including phenoxy) is 1. The molecule has 0 atom stereocenters. The number of aliphatic hydroxyl groups excluding tert-OH is 1. The molecule has 0 aliphatic carbocycles. The molecule has 0 radical (unpaired) electrons. The average molecular weight is 389 g/mol. The van der Waals surface area contributed by atoms with Crippen LogP contribution in [0.1, 0.15) is 0 Å². The fourth-order valence-electron chi connectivity index (χ4n) is 2.47. The number of sulfone groups is 1. The van der Waals surface area contributed by atoms with Crippen LogP contribution in [0, 0.1) is 0 Å². The smallest absolute Gasteiger partial charge is 0.337 e. The molecule has 2 rings (SSSR count). The van der Waals surface area contributed by atoms with Crippen molar-refractivity contribution in [2.45, 2.75) is 4.90 Å². The molecule has 0 saturated heterocycles. The lowest BCUT2D eigenvalue weighted by atomic mass is 10.2. The number of anilines is 1. The van der Waals surface area contributed by atoms with Gasteiger partial charge in [-0.25, -0.2) is 13.2 Å². The van der Waals surface area contributed by atoms with E-state index in [4.69, 9.17) is 16.7 Å². The summed E-state index contributed by atoms with van der Waals surface area (Å²) < 4.78 is 28.7. The van der Waals surface area contributed by atoms with Gasteiger partial charge in [-0.15, -0.1) is 0 Å². The molecule has 0 fully saturated rings. The number of hydrogen-bond donors (Lipinski definition) is 2. The van der Waals surface area contributed by atoms with Crippen LogP contribution >= 0.6 is 11.6 Å². The van der Waals surface area contributed by atoms with Crippen LogP contribution < -0.4 is 5.32 Å². The molecule has 25 heavy (non-hydrogen) atoms. The Labute approximate surface area is 149 Å². The van der Waals surface area contributed by atoms with E-state index in [1.165, 1.54) is 30.2 Å². The lowest BCUT2D eigenvalue weighted by Crippen LogP contribution is -2.31. The second kappa shape index (κ2) is 7.42. The van der Waals surface area contributed by atoms with Gasteiger partial charge in [0.05, 0.1) is 36.5 Å². The van der Waals surface area contributed by atoms with E-state index < -0.39 is 21.7 Å². The summed E-state index contributed by atoms with van der Waals surface area (Å²) in [6.45, 7) is -0.304. The Morgan fingerprint density at radius 2 is 2.12 bits per heavy atom. The Hall–Kier alpha value is -2.10. The summed E-state index contributed by atoms with van der Waals surface area (Å²) >= 11 is 5.99. The van der Waals surface area contributed by atoms with Crippen molar-refractivity contribution >= 4 is 39.0 Å². The van der Waals surface area contributed by atoms with E-state index in [1.807, 2.05) is 0 Å². The number of carbonyl (C=O) groups is 2. The van der Waals surface area contributed by atoms with Gasteiger partial charge in [0.15, 0.2) is 9.84 Å². The largest absolute Gasteiger partial charge is 0.466 e. The molecule has 1 aliphatic rings. The SMILES string of the molecule is COC(=O)C1=C(Nc2cccc(Cl)c2S(C)(=O)=O)C(=O)N(CCO)C1. The molecule has 1 aromatic rings. The first-order valence-electron chi connectivity index (χ1n) is 7.18. The number of aliphatic hydroxyl groups is 1. The van der Waals surface area contributed by atoms with E-state index in [9.17, 15) is 18.0 Å². The number of methoxy groups -OCH3 is 1. The van der Waals surface area contributed by atoms with E-state index in [0.717, 1.165) is 6.26 Å². The van der Waals surface area contributed by atoms with Gasteiger partial charge in [-0.3, -0.25) is 4.79 Å². The lowest BCUT2D eigenvalue weighted by molar-refractivity contribution is -0.136. The maximum absolute atomic E-state index is 12.5. The highest BCUT2D eigenvalue weighted by Gasteiger charge is 2.35. The highest BCUT2D eigenvalue weighted by Crippen LogP contribution is 2.32. The van der Waals surface area contributed by atoms with Crippen LogP contribution in [0.4, 0.5) is 5.69 Å². The van der Waals surface area contributed by atoms with Crippen molar-refractivity contribution in [1.82, 2.24) is 4.90 Å². The number of nitrogens with zero attached hydrogens (tertiary/aromatic N) is 1. The first-order chi connectivity index (χ1) is 11.7. The number of hydrogen-bond acceptors (Lipinski definition) is 7. The Balaban J connectivity index is 2.52. The second-order valence-electron chi connectivity index (χ2n) is 5.31. The van der Waals surface area contributed by atoms with Gasteiger partial charge in [0, 0.05) is 12.8 Å². The molecule has 1 heterocycles. The van der Waals surface area contributed by atoms with Gasteiger partial charge in [0.25, 0.3) is 5.91 Å². The van der Waals surface area contributed by atoms with Crippen LogP contribution in [0.5, 0.6) is 0 Å². The Bertz CT molecular complexity index is 850. The summed E-state index contributed by atoms with van der Waals surface area (Å²) in [5.74, 6) is -1.27. The van der Waals surface area contributed by atoms with Crippen LogP contribution in [-0.2, 0) is 24.2 Å². The third-order valence-corrected chi connectivity index (χ3v) is 5.16. The summed E-state index contributed by atoms with van der Waals surface area (Å²) in [6, 6.07) is 4.36. The quantitative estimate of drug-likeness (QED) is 0.679. The lowest BCUT2D eigenvalue weighted by Gasteiger charge is -2.16. The minimum absolute atomic E-state index is 0.00891. The zero-order chi connectivity index (χ0) is 18.8. The second-order valence-corrected chi connectivity index (χ2v) is 7.67. The molecule has 10 heteroatoms. The summed E-state index contributed by atoms with van der Waals surface area (Å²) in [6.07, 6.45) is 0.990. The van der Waals surface area contributed by atoms with Crippen molar-refractivity contribution in [3.8, 4) is 0 Å².